The van der Waals surface area contributed by atoms with Crippen molar-refractivity contribution in [1.29, 1.82) is 0 Å². The molecule has 1 atom stereocenters. The van der Waals surface area contributed by atoms with Crippen molar-refractivity contribution in [3.8, 4) is 0 Å². The second-order valence-corrected chi connectivity index (χ2v) is 7.44. The summed E-state index contributed by atoms with van der Waals surface area (Å²) >= 11 is 1.70. The predicted molar refractivity (Wildman–Crippen MR) is 93.7 cm³/mol. The van der Waals surface area contributed by atoms with Crippen LogP contribution in [0.25, 0.3) is 0 Å². The van der Waals surface area contributed by atoms with Gasteiger partial charge in [-0.05, 0) is 26.2 Å². The van der Waals surface area contributed by atoms with Crippen molar-refractivity contribution in [3.63, 3.8) is 0 Å². The molecule has 0 aliphatic heterocycles. The minimum atomic E-state index is -0.930. The number of thiazole rings is 1. The Balaban J connectivity index is 1.68. The lowest BCUT2D eigenvalue weighted by atomic mass is 9.91. The Labute approximate surface area is 145 Å². The molecule has 24 heavy (non-hydrogen) atoms. The van der Waals surface area contributed by atoms with Crippen LogP contribution in [-0.2, 0) is 25.9 Å². The van der Waals surface area contributed by atoms with E-state index in [0.29, 0.717) is 12.5 Å². The molecule has 2 aromatic heterocycles. The van der Waals surface area contributed by atoms with Crippen LogP contribution in [0.1, 0.15) is 65.6 Å². The highest BCUT2D eigenvalue weighted by Gasteiger charge is 2.28. The number of rotatable bonds is 6. The number of carbonyl (C=O) groups is 1. The third-order valence-electron chi connectivity index (χ3n) is 4.48. The highest BCUT2D eigenvalue weighted by molar-refractivity contribution is 7.09. The van der Waals surface area contributed by atoms with E-state index in [9.17, 15) is 9.90 Å². The van der Waals surface area contributed by atoms with Crippen LogP contribution < -0.4 is 5.32 Å². The molecular formula is C17H24N4O2S. The summed E-state index contributed by atoms with van der Waals surface area (Å²) in [5, 5.41) is 20.5. The van der Waals surface area contributed by atoms with E-state index < -0.39 is 5.97 Å². The Bertz CT molecular complexity index is 735. The number of carboxylic acid groups (broad SMARTS) is 1. The quantitative estimate of drug-likeness (QED) is 0.839. The van der Waals surface area contributed by atoms with Crippen LogP contribution in [-0.4, -0.2) is 31.9 Å². The normalized spacial score (nSPS) is 17.2. The average Bonchev–Trinajstić information content (AvgIpc) is 3.17. The van der Waals surface area contributed by atoms with E-state index in [1.165, 1.54) is 0 Å². The number of nitrogens with zero attached hydrogens (tertiary/aromatic N) is 3. The number of hydrogen-bond acceptors (Lipinski definition) is 5. The lowest BCUT2D eigenvalue weighted by Gasteiger charge is -2.24. The lowest BCUT2D eigenvalue weighted by Crippen LogP contribution is -2.34. The molecule has 0 saturated heterocycles. The summed E-state index contributed by atoms with van der Waals surface area (Å²) in [6, 6.07) is 0.273. The van der Waals surface area contributed by atoms with E-state index in [-0.39, 0.29) is 11.7 Å². The Morgan fingerprint density at radius 3 is 2.96 bits per heavy atom. The van der Waals surface area contributed by atoms with Gasteiger partial charge in [-0.2, -0.15) is 5.10 Å². The average molecular weight is 348 g/mol. The van der Waals surface area contributed by atoms with Crippen LogP contribution in [0.2, 0.25) is 0 Å². The van der Waals surface area contributed by atoms with Gasteiger partial charge in [-0.15, -0.1) is 11.3 Å². The SMILES string of the molecule is CCn1nc(C(=O)O)c2c1CCC(NCc1csc(C(C)C)n1)C2. The fraction of sp³-hybridized carbons (Fsp3) is 0.588. The molecule has 0 fully saturated rings. The first-order chi connectivity index (χ1) is 11.5. The van der Waals surface area contributed by atoms with E-state index >= 15 is 0 Å². The number of fused-ring (bicyclic) bond motifs is 1. The van der Waals surface area contributed by atoms with Crippen LogP contribution in [0.3, 0.4) is 0 Å². The van der Waals surface area contributed by atoms with Gasteiger partial charge >= 0.3 is 5.97 Å². The summed E-state index contributed by atoms with van der Waals surface area (Å²) in [5.74, 6) is -0.473. The smallest absolute Gasteiger partial charge is 0.356 e. The summed E-state index contributed by atoms with van der Waals surface area (Å²) in [4.78, 5) is 16.1. The van der Waals surface area contributed by atoms with Crippen LogP contribution in [0.4, 0.5) is 0 Å². The van der Waals surface area contributed by atoms with Crippen molar-refractivity contribution in [2.45, 2.75) is 65.1 Å². The number of aromatic nitrogens is 3. The summed E-state index contributed by atoms with van der Waals surface area (Å²) in [7, 11) is 0. The summed E-state index contributed by atoms with van der Waals surface area (Å²) in [6.07, 6.45) is 2.59. The van der Waals surface area contributed by atoms with E-state index in [4.69, 9.17) is 0 Å². The monoisotopic (exact) mass is 348 g/mol. The number of aromatic carboxylic acids is 1. The first-order valence-corrected chi connectivity index (χ1v) is 9.37. The molecule has 7 heteroatoms. The van der Waals surface area contributed by atoms with Gasteiger partial charge in [0.15, 0.2) is 5.69 Å². The molecular weight excluding hydrogens is 324 g/mol. The zero-order valence-corrected chi connectivity index (χ0v) is 15.2. The van der Waals surface area contributed by atoms with Crippen LogP contribution in [0.5, 0.6) is 0 Å². The van der Waals surface area contributed by atoms with Crippen molar-refractivity contribution < 1.29 is 9.90 Å². The number of hydrogen-bond donors (Lipinski definition) is 2. The molecule has 0 aromatic carbocycles. The molecule has 0 spiro atoms. The Morgan fingerprint density at radius 1 is 1.54 bits per heavy atom. The van der Waals surface area contributed by atoms with Gasteiger partial charge in [0.2, 0.25) is 0 Å². The van der Waals surface area contributed by atoms with Crippen molar-refractivity contribution in [2.24, 2.45) is 0 Å². The molecule has 2 N–H and O–H groups in total. The molecule has 2 heterocycles. The van der Waals surface area contributed by atoms with Crippen molar-refractivity contribution >= 4 is 17.3 Å². The maximum absolute atomic E-state index is 11.4. The van der Waals surface area contributed by atoms with Crippen LogP contribution in [0, 0.1) is 0 Å². The van der Waals surface area contributed by atoms with Crippen molar-refractivity contribution in [2.75, 3.05) is 0 Å². The predicted octanol–water partition coefficient (Wildman–Crippen LogP) is 2.83. The van der Waals surface area contributed by atoms with Gasteiger partial charge < -0.3 is 10.4 Å². The number of nitrogens with one attached hydrogen (secondary N) is 1. The summed E-state index contributed by atoms with van der Waals surface area (Å²) in [5.41, 5.74) is 3.27. The molecule has 0 radical (unpaired) electrons. The zero-order valence-electron chi connectivity index (χ0n) is 14.4. The molecule has 1 aliphatic rings. The molecule has 1 unspecified atom stereocenters. The summed E-state index contributed by atoms with van der Waals surface area (Å²) in [6.45, 7) is 7.74. The second-order valence-electron chi connectivity index (χ2n) is 6.55. The first kappa shape index (κ1) is 17.1. The Hall–Kier alpha value is -1.73. The van der Waals surface area contributed by atoms with Crippen LogP contribution in [0.15, 0.2) is 5.38 Å². The molecule has 6 nitrogen and oxygen atoms in total. The van der Waals surface area contributed by atoms with Gasteiger partial charge in [-0.3, -0.25) is 4.68 Å². The molecule has 1 aliphatic carbocycles. The van der Waals surface area contributed by atoms with Gasteiger partial charge in [0.05, 0.1) is 10.7 Å². The van der Waals surface area contributed by atoms with Crippen LogP contribution >= 0.6 is 11.3 Å². The molecule has 0 amide bonds. The molecule has 0 bridgehead atoms. The summed E-state index contributed by atoms with van der Waals surface area (Å²) < 4.78 is 1.84. The topological polar surface area (TPSA) is 80.0 Å². The van der Waals surface area contributed by atoms with Gasteiger partial charge in [0, 0.05) is 41.7 Å². The first-order valence-electron chi connectivity index (χ1n) is 8.49. The maximum Gasteiger partial charge on any atom is 0.356 e. The zero-order chi connectivity index (χ0) is 17.3. The highest BCUT2D eigenvalue weighted by atomic mass is 32.1. The van der Waals surface area contributed by atoms with Gasteiger partial charge in [-0.1, -0.05) is 13.8 Å². The Morgan fingerprint density at radius 2 is 2.33 bits per heavy atom. The van der Waals surface area contributed by atoms with Gasteiger partial charge in [0.25, 0.3) is 0 Å². The fourth-order valence-corrected chi connectivity index (χ4v) is 4.05. The molecule has 0 saturated carbocycles. The third-order valence-corrected chi connectivity index (χ3v) is 5.68. The van der Waals surface area contributed by atoms with E-state index in [1.54, 1.807) is 11.3 Å². The lowest BCUT2D eigenvalue weighted by molar-refractivity contribution is 0.0688. The maximum atomic E-state index is 11.4. The van der Waals surface area contributed by atoms with E-state index in [2.05, 4.69) is 34.6 Å². The van der Waals surface area contributed by atoms with E-state index in [0.717, 1.165) is 47.8 Å². The largest absolute Gasteiger partial charge is 0.476 e. The molecule has 130 valence electrons. The standard InChI is InChI=1S/C17H24N4O2S/c1-4-21-14-6-5-11(7-13(14)15(20-21)17(22)23)18-8-12-9-24-16(19-12)10(2)3/h9-11,18H,4-8H2,1-3H3,(H,22,23). The minimum absolute atomic E-state index is 0.217. The highest BCUT2D eigenvalue weighted by Crippen LogP contribution is 2.25. The van der Waals surface area contributed by atoms with Gasteiger partial charge in [0.1, 0.15) is 0 Å². The number of carboxylic acids is 1. The minimum Gasteiger partial charge on any atom is -0.476 e. The molecule has 3 rings (SSSR count). The second kappa shape index (κ2) is 7.03. The Kier molecular flexibility index (Phi) is 5.01. The van der Waals surface area contributed by atoms with Gasteiger partial charge in [-0.25, -0.2) is 9.78 Å². The molecule has 2 aromatic rings. The van der Waals surface area contributed by atoms with Crippen molar-refractivity contribution in [3.05, 3.63) is 33.0 Å². The third kappa shape index (κ3) is 3.37. The van der Waals surface area contributed by atoms with Crippen molar-refractivity contribution in [1.82, 2.24) is 20.1 Å². The van der Waals surface area contributed by atoms with E-state index in [1.807, 2.05) is 11.6 Å². The fourth-order valence-electron chi connectivity index (χ4n) is 3.21. The number of aryl methyl sites for hydroxylation is 1.